The number of likely N-dealkylation sites (N-methyl/N-ethyl adjacent to an activating group) is 2. The molecule has 1 heterocycles. The zero-order valence-electron chi connectivity index (χ0n) is 19.1. The normalized spacial score (nSPS) is 16.2. The summed E-state index contributed by atoms with van der Waals surface area (Å²) in [7, 11) is 4.06. The van der Waals surface area contributed by atoms with Crippen molar-refractivity contribution in [3.05, 3.63) is 35.9 Å². The number of amides is 3. The van der Waals surface area contributed by atoms with E-state index in [2.05, 4.69) is 27.2 Å². The number of carbonyl (C=O) groups excluding carboxylic acids is 2. The van der Waals surface area contributed by atoms with Crippen LogP contribution in [-0.4, -0.2) is 104 Å². The van der Waals surface area contributed by atoms with E-state index in [1.807, 2.05) is 55.9 Å². The minimum Gasteiger partial charge on any atom is -0.342 e. The van der Waals surface area contributed by atoms with Crippen molar-refractivity contribution in [2.45, 2.75) is 32.7 Å². The third-order valence-corrected chi connectivity index (χ3v) is 5.59. The van der Waals surface area contributed by atoms with E-state index in [4.69, 9.17) is 0 Å². The summed E-state index contributed by atoms with van der Waals surface area (Å²) in [5, 5.41) is 3.24. The second-order valence-corrected chi connectivity index (χ2v) is 8.28. The Hall–Kier alpha value is -2.12. The Morgan fingerprint density at radius 3 is 2.37 bits per heavy atom. The average Bonchev–Trinajstić information content (AvgIpc) is 2.95. The van der Waals surface area contributed by atoms with Gasteiger partial charge in [0.2, 0.25) is 5.91 Å². The van der Waals surface area contributed by atoms with Gasteiger partial charge < -0.3 is 20.0 Å². The zero-order chi connectivity index (χ0) is 21.9. The summed E-state index contributed by atoms with van der Waals surface area (Å²) >= 11 is 0. The van der Waals surface area contributed by atoms with Crippen LogP contribution in [0.4, 0.5) is 4.79 Å². The van der Waals surface area contributed by atoms with Crippen LogP contribution in [0, 0.1) is 0 Å². The summed E-state index contributed by atoms with van der Waals surface area (Å²) in [6, 6.07) is 10.3. The first-order valence-corrected chi connectivity index (χ1v) is 11.2. The van der Waals surface area contributed by atoms with Crippen LogP contribution in [-0.2, 0) is 11.2 Å². The maximum atomic E-state index is 13.0. The number of nitrogens with one attached hydrogen (secondary N) is 1. The van der Waals surface area contributed by atoms with Gasteiger partial charge in [0, 0.05) is 51.9 Å². The first-order valence-electron chi connectivity index (χ1n) is 11.2. The van der Waals surface area contributed by atoms with Gasteiger partial charge in [-0.1, -0.05) is 30.3 Å². The molecule has 0 saturated carbocycles. The van der Waals surface area contributed by atoms with Crippen molar-refractivity contribution in [1.82, 2.24) is 24.9 Å². The molecule has 0 spiro atoms. The van der Waals surface area contributed by atoms with Crippen LogP contribution in [0.5, 0.6) is 0 Å². The summed E-state index contributed by atoms with van der Waals surface area (Å²) in [6.45, 7) is 9.69. The Labute approximate surface area is 182 Å². The number of hydrogen-bond donors (Lipinski definition) is 1. The lowest BCUT2D eigenvalue weighted by molar-refractivity contribution is -0.132. The third kappa shape index (κ3) is 7.95. The van der Waals surface area contributed by atoms with Gasteiger partial charge in [-0.2, -0.15) is 0 Å². The Morgan fingerprint density at radius 2 is 1.73 bits per heavy atom. The second kappa shape index (κ2) is 12.5. The van der Waals surface area contributed by atoms with Crippen LogP contribution in [0.3, 0.4) is 0 Å². The quantitative estimate of drug-likeness (QED) is 0.665. The van der Waals surface area contributed by atoms with Gasteiger partial charge in [0.15, 0.2) is 0 Å². The number of urea groups is 1. The summed E-state index contributed by atoms with van der Waals surface area (Å²) in [5.74, 6) is 0.173. The Morgan fingerprint density at radius 1 is 1.03 bits per heavy atom. The lowest BCUT2D eigenvalue weighted by Gasteiger charge is -2.28. The topological polar surface area (TPSA) is 59.1 Å². The largest absolute Gasteiger partial charge is 0.342 e. The SMILES string of the molecule is CCN(CC)C(=O)CN1CCCN(C(=O)NC(Cc2ccccc2)CN(C)C)CC1. The molecule has 3 amide bonds. The van der Waals surface area contributed by atoms with E-state index in [0.717, 1.165) is 52.1 Å². The molecule has 1 aliphatic rings. The van der Waals surface area contributed by atoms with Gasteiger partial charge >= 0.3 is 6.03 Å². The maximum Gasteiger partial charge on any atom is 0.317 e. The van der Waals surface area contributed by atoms with E-state index in [9.17, 15) is 9.59 Å². The predicted molar refractivity (Wildman–Crippen MR) is 122 cm³/mol. The summed E-state index contributed by atoms with van der Waals surface area (Å²) < 4.78 is 0. The number of hydrogen-bond acceptors (Lipinski definition) is 4. The first-order chi connectivity index (χ1) is 14.4. The van der Waals surface area contributed by atoms with Crippen molar-refractivity contribution in [2.75, 3.05) is 66.5 Å². The maximum absolute atomic E-state index is 13.0. The lowest BCUT2D eigenvalue weighted by Crippen LogP contribution is -2.50. The van der Waals surface area contributed by atoms with Gasteiger partial charge in [-0.25, -0.2) is 4.79 Å². The van der Waals surface area contributed by atoms with Gasteiger partial charge in [-0.05, 0) is 46.3 Å². The number of carbonyl (C=O) groups is 2. The van der Waals surface area contributed by atoms with E-state index < -0.39 is 0 Å². The molecule has 1 aromatic rings. The molecule has 168 valence electrons. The van der Waals surface area contributed by atoms with E-state index in [1.54, 1.807) is 0 Å². The molecule has 1 aromatic carbocycles. The highest BCUT2D eigenvalue weighted by Crippen LogP contribution is 2.08. The molecule has 2 rings (SSSR count). The van der Waals surface area contributed by atoms with Gasteiger partial charge in [0.05, 0.1) is 6.54 Å². The van der Waals surface area contributed by atoms with Crippen molar-refractivity contribution in [3.63, 3.8) is 0 Å². The van der Waals surface area contributed by atoms with Crippen LogP contribution in [0.2, 0.25) is 0 Å². The molecule has 7 heteroatoms. The third-order valence-electron chi connectivity index (χ3n) is 5.59. The highest BCUT2D eigenvalue weighted by molar-refractivity contribution is 5.78. The molecule has 0 aromatic heterocycles. The molecule has 0 radical (unpaired) electrons. The fourth-order valence-electron chi connectivity index (χ4n) is 3.97. The number of nitrogens with zero attached hydrogens (tertiary/aromatic N) is 4. The predicted octanol–water partition coefficient (Wildman–Crippen LogP) is 1.75. The van der Waals surface area contributed by atoms with Crippen molar-refractivity contribution >= 4 is 11.9 Å². The molecular weight excluding hydrogens is 378 g/mol. The fraction of sp³-hybridized carbons (Fsp3) is 0.652. The monoisotopic (exact) mass is 417 g/mol. The molecule has 0 aliphatic carbocycles. The molecule has 1 aliphatic heterocycles. The molecule has 1 atom stereocenters. The highest BCUT2D eigenvalue weighted by atomic mass is 16.2. The molecule has 30 heavy (non-hydrogen) atoms. The first kappa shape index (κ1) is 24.2. The van der Waals surface area contributed by atoms with E-state index in [0.29, 0.717) is 13.1 Å². The minimum atomic E-state index is -0.00491. The highest BCUT2D eigenvalue weighted by Gasteiger charge is 2.23. The summed E-state index contributed by atoms with van der Waals surface area (Å²) in [5.41, 5.74) is 1.22. The minimum absolute atomic E-state index is 0.00491. The van der Waals surface area contributed by atoms with E-state index in [1.165, 1.54) is 5.56 Å². The van der Waals surface area contributed by atoms with E-state index in [-0.39, 0.29) is 18.0 Å². The van der Waals surface area contributed by atoms with Crippen molar-refractivity contribution < 1.29 is 9.59 Å². The average molecular weight is 418 g/mol. The Bertz CT molecular complexity index is 648. The molecular formula is C23H39N5O2. The van der Waals surface area contributed by atoms with Crippen LogP contribution in [0.15, 0.2) is 30.3 Å². The zero-order valence-corrected chi connectivity index (χ0v) is 19.1. The Kier molecular flexibility index (Phi) is 10.1. The van der Waals surface area contributed by atoms with Crippen LogP contribution in [0.1, 0.15) is 25.8 Å². The van der Waals surface area contributed by atoms with Crippen molar-refractivity contribution in [2.24, 2.45) is 0 Å². The second-order valence-electron chi connectivity index (χ2n) is 8.28. The fourth-order valence-corrected chi connectivity index (χ4v) is 3.97. The molecule has 1 saturated heterocycles. The summed E-state index contributed by atoms with van der Waals surface area (Å²) in [6.07, 6.45) is 1.69. The standard InChI is InChI=1S/C23H39N5O2/c1-5-27(6-2)22(29)19-26-13-10-14-28(16-15-26)23(30)24-21(18-25(3)4)17-20-11-8-7-9-12-20/h7-9,11-12,21H,5-6,10,13-19H2,1-4H3,(H,24,30). The van der Waals surface area contributed by atoms with Gasteiger partial charge in [0.25, 0.3) is 0 Å². The van der Waals surface area contributed by atoms with Gasteiger partial charge in [-0.3, -0.25) is 9.69 Å². The van der Waals surface area contributed by atoms with Gasteiger partial charge in [0.1, 0.15) is 0 Å². The van der Waals surface area contributed by atoms with Crippen molar-refractivity contribution in [3.8, 4) is 0 Å². The van der Waals surface area contributed by atoms with Crippen LogP contribution in [0.25, 0.3) is 0 Å². The molecule has 7 nitrogen and oxygen atoms in total. The molecule has 0 bridgehead atoms. The number of benzene rings is 1. The lowest BCUT2D eigenvalue weighted by atomic mass is 10.1. The van der Waals surface area contributed by atoms with Crippen LogP contribution < -0.4 is 5.32 Å². The smallest absolute Gasteiger partial charge is 0.317 e. The molecule has 1 fully saturated rings. The van der Waals surface area contributed by atoms with Crippen LogP contribution >= 0.6 is 0 Å². The molecule has 1 N–H and O–H groups in total. The number of rotatable bonds is 9. The van der Waals surface area contributed by atoms with Crippen molar-refractivity contribution in [1.29, 1.82) is 0 Å². The Balaban J connectivity index is 1.89. The summed E-state index contributed by atoms with van der Waals surface area (Å²) in [4.78, 5) is 33.4. The van der Waals surface area contributed by atoms with Gasteiger partial charge in [-0.15, -0.1) is 0 Å². The molecule has 1 unspecified atom stereocenters. The van der Waals surface area contributed by atoms with E-state index >= 15 is 0 Å².